The monoisotopic (exact) mass is 406 g/mol. The predicted octanol–water partition coefficient (Wildman–Crippen LogP) is -1.72. The van der Waals surface area contributed by atoms with Crippen molar-refractivity contribution in [3.05, 3.63) is 0 Å². The van der Waals surface area contributed by atoms with Crippen LogP contribution in [0.15, 0.2) is 0 Å². The number of aliphatic hydroxyl groups excluding tert-OH is 1. The number of aliphatic carboxylic acids is 1. The first-order valence-electron chi connectivity index (χ1n) is 8.57. The van der Waals surface area contributed by atoms with Gasteiger partial charge in [-0.1, -0.05) is 13.8 Å². The van der Waals surface area contributed by atoms with Crippen LogP contribution in [0, 0.1) is 5.92 Å². The number of nitrogens with two attached hydrogens (primary N) is 1. The van der Waals surface area contributed by atoms with E-state index in [1.54, 1.807) is 0 Å². The van der Waals surface area contributed by atoms with Crippen LogP contribution in [0.2, 0.25) is 0 Å². The summed E-state index contributed by atoms with van der Waals surface area (Å²) < 4.78 is 0. The van der Waals surface area contributed by atoms with Crippen molar-refractivity contribution >= 4 is 35.5 Å². The lowest BCUT2D eigenvalue weighted by molar-refractivity contribution is -0.142. The van der Waals surface area contributed by atoms with E-state index >= 15 is 0 Å². The number of rotatable bonds is 13. The molecule has 3 atom stereocenters. The number of carbonyl (C=O) groups is 4. The molecule has 0 aliphatic heterocycles. The minimum atomic E-state index is -1.14. The van der Waals surface area contributed by atoms with Crippen LogP contribution in [-0.2, 0) is 19.2 Å². The molecule has 0 bridgehead atoms. The van der Waals surface area contributed by atoms with Gasteiger partial charge < -0.3 is 31.9 Å². The lowest BCUT2D eigenvalue weighted by atomic mass is 10.0. The Morgan fingerprint density at radius 1 is 1.07 bits per heavy atom. The Morgan fingerprint density at radius 2 is 1.70 bits per heavy atom. The summed E-state index contributed by atoms with van der Waals surface area (Å²) in [5.74, 6) is -2.42. The molecule has 0 aliphatic carbocycles. The number of carboxylic acids is 1. The Hall–Kier alpha value is -1.85. The number of hydrogen-bond acceptors (Lipinski definition) is 7. The van der Waals surface area contributed by atoms with Crippen molar-refractivity contribution in [3.63, 3.8) is 0 Å². The summed E-state index contributed by atoms with van der Waals surface area (Å²) in [5, 5.41) is 25.2. The molecule has 0 heterocycles. The number of amides is 3. The molecule has 11 heteroatoms. The molecular weight excluding hydrogens is 376 g/mol. The molecule has 0 aliphatic rings. The van der Waals surface area contributed by atoms with Crippen LogP contribution in [-0.4, -0.2) is 77.2 Å². The Kier molecular flexibility index (Phi) is 12.4. The first-order valence-corrected chi connectivity index (χ1v) is 9.97. The SMILES string of the molecule is CSCCC(NC(=O)C(CC(C)C)NC(=O)CNC(=O)C(N)CO)C(=O)O. The van der Waals surface area contributed by atoms with Gasteiger partial charge in [-0.2, -0.15) is 11.8 Å². The molecule has 0 saturated carbocycles. The summed E-state index contributed by atoms with van der Waals surface area (Å²) in [6.07, 6.45) is 2.40. The fourth-order valence-corrected chi connectivity index (χ4v) is 2.57. The van der Waals surface area contributed by atoms with Gasteiger partial charge in [0.1, 0.15) is 18.1 Å². The van der Waals surface area contributed by atoms with E-state index in [0.29, 0.717) is 12.2 Å². The number of thioether (sulfide) groups is 1. The molecule has 0 radical (unpaired) electrons. The molecule has 0 rings (SSSR count). The molecule has 3 unspecified atom stereocenters. The molecular formula is C16H30N4O6S. The van der Waals surface area contributed by atoms with Crippen molar-refractivity contribution in [2.24, 2.45) is 11.7 Å². The van der Waals surface area contributed by atoms with Crippen molar-refractivity contribution < 1.29 is 29.4 Å². The zero-order valence-corrected chi connectivity index (χ0v) is 16.7. The van der Waals surface area contributed by atoms with Crippen molar-refractivity contribution in [1.82, 2.24) is 16.0 Å². The van der Waals surface area contributed by atoms with E-state index in [9.17, 15) is 24.3 Å². The van der Waals surface area contributed by atoms with Crippen LogP contribution in [0.25, 0.3) is 0 Å². The fourth-order valence-electron chi connectivity index (χ4n) is 2.10. The van der Waals surface area contributed by atoms with Gasteiger partial charge in [-0.25, -0.2) is 4.79 Å². The van der Waals surface area contributed by atoms with Crippen LogP contribution in [0.3, 0.4) is 0 Å². The highest BCUT2D eigenvalue weighted by Gasteiger charge is 2.27. The van der Waals surface area contributed by atoms with Crippen molar-refractivity contribution in [2.45, 2.75) is 44.8 Å². The highest BCUT2D eigenvalue weighted by molar-refractivity contribution is 7.98. The number of aliphatic hydroxyl groups is 1. The second-order valence-electron chi connectivity index (χ2n) is 6.44. The first kappa shape index (κ1) is 25.1. The van der Waals surface area contributed by atoms with Crippen LogP contribution >= 0.6 is 11.8 Å². The van der Waals surface area contributed by atoms with Gasteiger partial charge >= 0.3 is 5.97 Å². The number of carbonyl (C=O) groups excluding carboxylic acids is 3. The molecule has 156 valence electrons. The van der Waals surface area contributed by atoms with Gasteiger partial charge in [0.15, 0.2) is 0 Å². The lowest BCUT2D eigenvalue weighted by Gasteiger charge is -2.23. The largest absolute Gasteiger partial charge is 0.480 e. The third kappa shape index (κ3) is 10.8. The van der Waals surface area contributed by atoms with Crippen molar-refractivity contribution in [3.8, 4) is 0 Å². The third-order valence-corrected chi connectivity index (χ3v) is 4.18. The molecule has 10 nitrogen and oxygen atoms in total. The van der Waals surface area contributed by atoms with Crippen molar-refractivity contribution in [2.75, 3.05) is 25.2 Å². The van der Waals surface area contributed by atoms with Gasteiger partial charge in [0.05, 0.1) is 13.2 Å². The van der Waals surface area contributed by atoms with E-state index in [1.165, 1.54) is 11.8 Å². The molecule has 0 aromatic rings. The fraction of sp³-hybridized carbons (Fsp3) is 0.750. The highest BCUT2D eigenvalue weighted by Crippen LogP contribution is 2.07. The summed E-state index contributed by atoms with van der Waals surface area (Å²) in [6.45, 7) is 2.75. The topological polar surface area (TPSA) is 171 Å². The van der Waals surface area contributed by atoms with Crippen LogP contribution in [0.5, 0.6) is 0 Å². The maximum Gasteiger partial charge on any atom is 0.326 e. The third-order valence-electron chi connectivity index (χ3n) is 3.54. The van der Waals surface area contributed by atoms with Crippen LogP contribution in [0.1, 0.15) is 26.7 Å². The summed E-state index contributed by atoms with van der Waals surface area (Å²) in [5.41, 5.74) is 5.33. The maximum atomic E-state index is 12.4. The predicted molar refractivity (Wildman–Crippen MR) is 102 cm³/mol. The van der Waals surface area contributed by atoms with Gasteiger partial charge in [-0.15, -0.1) is 0 Å². The minimum Gasteiger partial charge on any atom is -0.480 e. The van der Waals surface area contributed by atoms with Gasteiger partial charge in [-0.3, -0.25) is 14.4 Å². The molecule has 0 spiro atoms. The Bertz CT molecular complexity index is 517. The average molecular weight is 407 g/mol. The Labute approximate surface area is 163 Å². The van der Waals surface area contributed by atoms with E-state index in [0.717, 1.165) is 0 Å². The number of carboxylic acid groups (broad SMARTS) is 1. The van der Waals surface area contributed by atoms with E-state index in [2.05, 4.69) is 16.0 Å². The summed E-state index contributed by atoms with van der Waals surface area (Å²) >= 11 is 1.46. The average Bonchev–Trinajstić information content (AvgIpc) is 2.60. The number of hydrogen-bond donors (Lipinski definition) is 6. The Balaban J connectivity index is 4.84. The number of nitrogens with one attached hydrogen (secondary N) is 3. The second kappa shape index (κ2) is 13.3. The smallest absolute Gasteiger partial charge is 0.326 e. The second-order valence-corrected chi connectivity index (χ2v) is 7.42. The summed E-state index contributed by atoms with van der Waals surface area (Å²) in [7, 11) is 0. The van der Waals surface area contributed by atoms with E-state index < -0.39 is 55.0 Å². The van der Waals surface area contributed by atoms with Gasteiger partial charge in [0.25, 0.3) is 0 Å². The van der Waals surface area contributed by atoms with Crippen molar-refractivity contribution in [1.29, 1.82) is 0 Å². The highest BCUT2D eigenvalue weighted by atomic mass is 32.2. The zero-order chi connectivity index (χ0) is 21.0. The van der Waals surface area contributed by atoms with E-state index in [1.807, 2.05) is 20.1 Å². The van der Waals surface area contributed by atoms with Gasteiger partial charge in [0.2, 0.25) is 17.7 Å². The Morgan fingerprint density at radius 3 is 2.19 bits per heavy atom. The first-order chi connectivity index (χ1) is 12.6. The standard InChI is InChI=1S/C16H30N4O6S/c1-9(2)6-12(15(24)20-11(16(25)26)4-5-27-3)19-13(22)7-18-14(23)10(17)8-21/h9-12,21H,4-8,17H2,1-3H3,(H,18,23)(H,19,22)(H,20,24)(H,25,26). The molecule has 0 aromatic heterocycles. The molecule has 7 N–H and O–H groups in total. The lowest BCUT2D eigenvalue weighted by Crippen LogP contribution is -2.54. The van der Waals surface area contributed by atoms with E-state index in [-0.39, 0.29) is 12.3 Å². The summed E-state index contributed by atoms with van der Waals surface area (Å²) in [4.78, 5) is 47.2. The van der Waals surface area contributed by atoms with Crippen LogP contribution in [0.4, 0.5) is 0 Å². The van der Waals surface area contributed by atoms with Gasteiger partial charge in [0, 0.05) is 0 Å². The molecule has 0 aromatic carbocycles. The maximum absolute atomic E-state index is 12.4. The van der Waals surface area contributed by atoms with Crippen LogP contribution < -0.4 is 21.7 Å². The van der Waals surface area contributed by atoms with Gasteiger partial charge in [-0.05, 0) is 30.8 Å². The minimum absolute atomic E-state index is 0.0629. The van der Waals surface area contributed by atoms with E-state index in [4.69, 9.17) is 10.8 Å². The molecule has 0 fully saturated rings. The zero-order valence-electron chi connectivity index (χ0n) is 15.9. The molecule has 0 saturated heterocycles. The quantitative estimate of drug-likeness (QED) is 0.210. The normalized spacial score (nSPS) is 14.1. The summed E-state index contributed by atoms with van der Waals surface area (Å²) in [6, 6.07) is -3.11. The molecule has 27 heavy (non-hydrogen) atoms. The molecule has 3 amide bonds.